The minimum atomic E-state index is -3.31. The number of benzene rings is 2. The van der Waals surface area contributed by atoms with Gasteiger partial charge in [-0.25, -0.2) is 8.42 Å². The van der Waals surface area contributed by atoms with Crippen LogP contribution in [0.15, 0.2) is 42.5 Å². The quantitative estimate of drug-likeness (QED) is 0.629. The van der Waals surface area contributed by atoms with E-state index in [-0.39, 0.29) is 11.7 Å². The summed E-state index contributed by atoms with van der Waals surface area (Å²) in [5, 5.41) is 2.98. The van der Waals surface area contributed by atoms with Crippen LogP contribution in [0, 0.1) is 13.8 Å². The first-order valence-electron chi connectivity index (χ1n) is 11.0. The Morgan fingerprint density at radius 2 is 1.84 bits per heavy atom. The van der Waals surface area contributed by atoms with Crippen molar-refractivity contribution < 1.29 is 13.2 Å². The minimum absolute atomic E-state index is 0.164. The lowest BCUT2D eigenvalue weighted by molar-refractivity contribution is 0.0953. The van der Waals surface area contributed by atoms with Gasteiger partial charge in [0.05, 0.1) is 11.4 Å². The van der Waals surface area contributed by atoms with Crippen LogP contribution in [-0.2, 0) is 10.0 Å². The highest BCUT2D eigenvalue weighted by Gasteiger charge is 2.27. The van der Waals surface area contributed by atoms with Gasteiger partial charge in [0.1, 0.15) is 0 Å². The Kier molecular flexibility index (Phi) is 7.59. The fourth-order valence-electron chi connectivity index (χ4n) is 3.88. The number of sulfonamides is 1. The molecule has 1 saturated heterocycles. The zero-order valence-corrected chi connectivity index (χ0v) is 19.5. The van der Waals surface area contributed by atoms with Crippen molar-refractivity contribution in [2.45, 2.75) is 40.0 Å². The van der Waals surface area contributed by atoms with Crippen LogP contribution in [0.5, 0.6) is 0 Å². The molecule has 0 bridgehead atoms. The summed E-state index contributed by atoms with van der Waals surface area (Å²) in [6.07, 6.45) is 2.35. The number of hydrogen-bond donors (Lipinski definition) is 1. The molecule has 0 saturated carbocycles. The molecule has 1 aliphatic rings. The van der Waals surface area contributed by atoms with E-state index in [1.54, 1.807) is 12.1 Å². The molecule has 0 aliphatic carbocycles. The van der Waals surface area contributed by atoms with Gasteiger partial charge in [0.15, 0.2) is 0 Å². The van der Waals surface area contributed by atoms with Gasteiger partial charge >= 0.3 is 0 Å². The van der Waals surface area contributed by atoms with E-state index >= 15 is 0 Å². The number of anilines is 2. The monoisotopic (exact) mass is 443 g/mol. The van der Waals surface area contributed by atoms with Gasteiger partial charge in [-0.2, -0.15) is 0 Å². The molecule has 7 heteroatoms. The number of nitrogens with zero attached hydrogens (tertiary/aromatic N) is 2. The number of rotatable bonds is 8. The summed E-state index contributed by atoms with van der Waals surface area (Å²) >= 11 is 0. The van der Waals surface area contributed by atoms with Gasteiger partial charge in [-0.1, -0.05) is 23.8 Å². The second kappa shape index (κ2) is 10.2. The van der Waals surface area contributed by atoms with Crippen molar-refractivity contribution in [2.24, 2.45) is 0 Å². The lowest BCUT2D eigenvalue weighted by Gasteiger charge is -2.29. The van der Waals surface area contributed by atoms with E-state index in [2.05, 4.69) is 48.3 Å². The fourth-order valence-corrected chi connectivity index (χ4v) is 5.57. The first-order valence-corrected chi connectivity index (χ1v) is 12.6. The Bertz CT molecular complexity index is 1000. The summed E-state index contributed by atoms with van der Waals surface area (Å²) in [5.74, 6) is -0.00772. The van der Waals surface area contributed by atoms with Gasteiger partial charge in [-0.15, -0.1) is 0 Å². The Hall–Kier alpha value is -2.54. The molecule has 6 nitrogen and oxygen atoms in total. The summed E-state index contributed by atoms with van der Waals surface area (Å²) in [6.45, 7) is 8.87. The maximum Gasteiger partial charge on any atom is 0.251 e. The lowest BCUT2D eigenvalue weighted by atomic mass is 10.1. The third-order valence-electron chi connectivity index (χ3n) is 5.76. The first kappa shape index (κ1) is 23.1. The van der Waals surface area contributed by atoms with Crippen molar-refractivity contribution in [3.05, 3.63) is 59.2 Å². The predicted octanol–water partition coefficient (Wildman–Crippen LogP) is 3.88. The van der Waals surface area contributed by atoms with Crippen LogP contribution in [0.1, 0.15) is 47.7 Å². The van der Waals surface area contributed by atoms with Gasteiger partial charge in [-0.3, -0.25) is 9.10 Å². The standard InChI is InChI=1S/C24H33N3O3S/c1-4-26(22-12-8-19(2)9-13-22)15-7-14-25-24(28)21-11-10-20(3)23(18-21)27-16-5-6-17-31(27,29)30/h8-13,18H,4-7,14-17H2,1-3H3,(H,25,28). The van der Waals surface area contributed by atoms with Gasteiger partial charge in [0, 0.05) is 37.4 Å². The Balaban J connectivity index is 1.59. The molecule has 0 spiro atoms. The van der Waals surface area contributed by atoms with E-state index in [1.807, 2.05) is 13.0 Å². The smallest absolute Gasteiger partial charge is 0.251 e. The number of amides is 1. The molecule has 2 aromatic carbocycles. The molecule has 1 fully saturated rings. The van der Waals surface area contributed by atoms with E-state index in [0.717, 1.165) is 31.5 Å². The molecule has 3 rings (SSSR count). The maximum atomic E-state index is 12.7. The number of carbonyl (C=O) groups excluding carboxylic acids is 1. The first-order chi connectivity index (χ1) is 14.8. The normalized spacial score (nSPS) is 15.5. The number of hydrogen-bond acceptors (Lipinski definition) is 4. The van der Waals surface area contributed by atoms with E-state index in [0.29, 0.717) is 30.8 Å². The average molecular weight is 444 g/mol. The third-order valence-corrected chi connectivity index (χ3v) is 7.62. The van der Waals surface area contributed by atoms with Gasteiger partial charge in [0.2, 0.25) is 10.0 Å². The predicted molar refractivity (Wildman–Crippen MR) is 128 cm³/mol. The van der Waals surface area contributed by atoms with Crippen molar-refractivity contribution in [1.29, 1.82) is 0 Å². The summed E-state index contributed by atoms with van der Waals surface area (Å²) in [4.78, 5) is 15.0. The maximum absolute atomic E-state index is 12.7. The van der Waals surface area contributed by atoms with Gasteiger partial charge < -0.3 is 10.2 Å². The van der Waals surface area contributed by atoms with Crippen LogP contribution >= 0.6 is 0 Å². The van der Waals surface area contributed by atoms with Crippen molar-refractivity contribution in [3.63, 3.8) is 0 Å². The van der Waals surface area contributed by atoms with E-state index in [1.165, 1.54) is 15.6 Å². The van der Waals surface area contributed by atoms with E-state index in [4.69, 9.17) is 0 Å². The highest BCUT2D eigenvalue weighted by molar-refractivity contribution is 7.92. The molecule has 2 aromatic rings. The van der Waals surface area contributed by atoms with Crippen molar-refractivity contribution in [2.75, 3.05) is 41.1 Å². The Morgan fingerprint density at radius 1 is 1.10 bits per heavy atom. The third kappa shape index (κ3) is 5.79. The Labute approximate surface area is 186 Å². The van der Waals surface area contributed by atoms with Crippen molar-refractivity contribution in [3.8, 4) is 0 Å². The molecule has 0 unspecified atom stereocenters. The zero-order valence-electron chi connectivity index (χ0n) is 18.7. The van der Waals surface area contributed by atoms with Gasteiger partial charge in [-0.05, 0) is 69.9 Å². The van der Waals surface area contributed by atoms with Crippen LogP contribution in [0.3, 0.4) is 0 Å². The molecular weight excluding hydrogens is 410 g/mol. The molecule has 0 atom stereocenters. The lowest BCUT2D eigenvalue weighted by Crippen LogP contribution is -2.38. The van der Waals surface area contributed by atoms with E-state index < -0.39 is 10.0 Å². The zero-order chi connectivity index (χ0) is 22.4. The second-order valence-electron chi connectivity index (χ2n) is 8.12. The van der Waals surface area contributed by atoms with Crippen LogP contribution < -0.4 is 14.5 Å². The van der Waals surface area contributed by atoms with Gasteiger partial charge in [0.25, 0.3) is 5.91 Å². The number of carbonyl (C=O) groups is 1. The van der Waals surface area contributed by atoms with E-state index in [9.17, 15) is 13.2 Å². The van der Waals surface area contributed by atoms with Crippen LogP contribution in [0.4, 0.5) is 11.4 Å². The molecule has 1 amide bonds. The van der Waals surface area contributed by atoms with Crippen molar-refractivity contribution >= 4 is 27.3 Å². The largest absolute Gasteiger partial charge is 0.372 e. The minimum Gasteiger partial charge on any atom is -0.372 e. The molecule has 0 radical (unpaired) electrons. The molecular formula is C24H33N3O3S. The van der Waals surface area contributed by atoms with Crippen LogP contribution in [0.25, 0.3) is 0 Å². The highest BCUT2D eigenvalue weighted by atomic mass is 32.2. The SMILES string of the molecule is CCN(CCCNC(=O)c1ccc(C)c(N2CCCCS2(=O)=O)c1)c1ccc(C)cc1. The second-order valence-corrected chi connectivity index (χ2v) is 10.1. The summed E-state index contributed by atoms with van der Waals surface area (Å²) in [7, 11) is -3.31. The van der Waals surface area contributed by atoms with Crippen molar-refractivity contribution in [1.82, 2.24) is 5.32 Å². The summed E-state index contributed by atoms with van der Waals surface area (Å²) in [6, 6.07) is 13.8. The molecule has 0 aromatic heterocycles. The number of aryl methyl sites for hydroxylation is 2. The summed E-state index contributed by atoms with van der Waals surface area (Å²) in [5.41, 5.74) is 4.39. The summed E-state index contributed by atoms with van der Waals surface area (Å²) < 4.78 is 26.4. The molecule has 1 N–H and O–H groups in total. The highest BCUT2D eigenvalue weighted by Crippen LogP contribution is 2.28. The fraction of sp³-hybridized carbons (Fsp3) is 0.458. The van der Waals surface area contributed by atoms with Crippen LogP contribution in [-0.4, -0.2) is 46.3 Å². The molecule has 31 heavy (non-hydrogen) atoms. The van der Waals surface area contributed by atoms with Crippen LogP contribution in [0.2, 0.25) is 0 Å². The average Bonchev–Trinajstić information content (AvgIpc) is 2.75. The Morgan fingerprint density at radius 3 is 2.52 bits per heavy atom. The molecule has 1 heterocycles. The molecule has 1 aliphatic heterocycles. The molecule has 168 valence electrons. The number of nitrogens with one attached hydrogen (secondary N) is 1. The topological polar surface area (TPSA) is 69.7 Å².